The smallest absolute Gasteiger partial charge is 0.223 e. The van der Waals surface area contributed by atoms with Gasteiger partial charge in [0.25, 0.3) is 0 Å². The van der Waals surface area contributed by atoms with Gasteiger partial charge in [-0.3, -0.25) is 4.90 Å². The SMILES string of the molecule is Cc1noc(C)c1CN1CCN(c2cc(Cl)nc(N)n2)CC1. The number of aromatic nitrogens is 3. The second kappa shape index (κ2) is 6.10. The van der Waals surface area contributed by atoms with E-state index in [-0.39, 0.29) is 5.95 Å². The Morgan fingerprint density at radius 1 is 1.23 bits per heavy atom. The van der Waals surface area contributed by atoms with Gasteiger partial charge in [-0.1, -0.05) is 16.8 Å². The number of nitrogen functional groups attached to an aromatic ring is 1. The molecular weight excluding hydrogens is 304 g/mol. The van der Waals surface area contributed by atoms with Crippen LogP contribution in [0.15, 0.2) is 10.6 Å². The molecule has 1 aliphatic heterocycles. The lowest BCUT2D eigenvalue weighted by atomic mass is 10.2. The molecule has 0 unspecified atom stereocenters. The number of piperazine rings is 1. The highest BCUT2D eigenvalue weighted by Gasteiger charge is 2.21. The highest BCUT2D eigenvalue weighted by Crippen LogP contribution is 2.20. The topological polar surface area (TPSA) is 84.3 Å². The van der Waals surface area contributed by atoms with Gasteiger partial charge in [0.05, 0.1) is 5.69 Å². The first-order valence-corrected chi connectivity index (χ1v) is 7.60. The first-order valence-electron chi connectivity index (χ1n) is 7.22. The summed E-state index contributed by atoms with van der Waals surface area (Å²) in [5, 5.41) is 4.38. The van der Waals surface area contributed by atoms with E-state index in [0.29, 0.717) is 5.15 Å². The molecular formula is C14H19ClN6O. The molecule has 0 atom stereocenters. The maximum atomic E-state index is 5.94. The van der Waals surface area contributed by atoms with Crippen LogP contribution in [0, 0.1) is 13.8 Å². The minimum absolute atomic E-state index is 0.209. The van der Waals surface area contributed by atoms with E-state index in [1.165, 1.54) is 5.56 Å². The van der Waals surface area contributed by atoms with Gasteiger partial charge in [0.1, 0.15) is 16.7 Å². The van der Waals surface area contributed by atoms with Crippen LogP contribution in [0.4, 0.5) is 11.8 Å². The van der Waals surface area contributed by atoms with Crippen molar-refractivity contribution in [2.24, 2.45) is 0 Å². The fourth-order valence-corrected chi connectivity index (χ4v) is 2.86. The van der Waals surface area contributed by atoms with Crippen LogP contribution in [0.5, 0.6) is 0 Å². The molecule has 118 valence electrons. The first-order chi connectivity index (χ1) is 10.5. The normalized spacial score (nSPS) is 16.2. The molecule has 0 spiro atoms. The fraction of sp³-hybridized carbons (Fsp3) is 0.500. The molecule has 22 heavy (non-hydrogen) atoms. The molecule has 1 aliphatic rings. The van der Waals surface area contributed by atoms with E-state index in [4.69, 9.17) is 21.9 Å². The number of nitrogens with two attached hydrogens (primary N) is 1. The molecule has 0 bridgehead atoms. The third-order valence-corrected chi connectivity index (χ3v) is 4.15. The minimum atomic E-state index is 0.209. The highest BCUT2D eigenvalue weighted by molar-refractivity contribution is 6.29. The predicted molar refractivity (Wildman–Crippen MR) is 84.9 cm³/mol. The molecule has 8 heteroatoms. The third-order valence-electron chi connectivity index (χ3n) is 3.96. The van der Waals surface area contributed by atoms with Gasteiger partial charge < -0.3 is 15.2 Å². The molecule has 0 amide bonds. The summed E-state index contributed by atoms with van der Waals surface area (Å²) in [7, 11) is 0. The Morgan fingerprint density at radius 2 is 1.95 bits per heavy atom. The van der Waals surface area contributed by atoms with Crippen LogP contribution >= 0.6 is 11.6 Å². The quantitative estimate of drug-likeness (QED) is 0.860. The van der Waals surface area contributed by atoms with Crippen LogP contribution in [0.25, 0.3) is 0 Å². The summed E-state index contributed by atoms with van der Waals surface area (Å²) in [4.78, 5) is 12.7. The Labute approximate surface area is 134 Å². The molecule has 1 fully saturated rings. The van der Waals surface area contributed by atoms with Gasteiger partial charge in [-0.15, -0.1) is 0 Å². The van der Waals surface area contributed by atoms with Gasteiger partial charge in [0, 0.05) is 44.4 Å². The molecule has 0 radical (unpaired) electrons. The number of hydrogen-bond donors (Lipinski definition) is 1. The number of halogens is 1. The van der Waals surface area contributed by atoms with Crippen molar-refractivity contribution in [3.63, 3.8) is 0 Å². The Kier molecular flexibility index (Phi) is 4.17. The van der Waals surface area contributed by atoms with Crippen LogP contribution in [-0.4, -0.2) is 46.2 Å². The molecule has 2 N–H and O–H groups in total. The van der Waals surface area contributed by atoms with Crippen molar-refractivity contribution in [3.05, 3.63) is 28.2 Å². The summed E-state index contributed by atoms with van der Waals surface area (Å²) < 4.78 is 5.22. The molecule has 0 saturated carbocycles. The molecule has 3 rings (SSSR count). The Bertz CT molecular complexity index is 626. The summed E-state index contributed by atoms with van der Waals surface area (Å²) in [6.45, 7) is 8.41. The van der Waals surface area contributed by atoms with Gasteiger partial charge >= 0.3 is 0 Å². The van der Waals surface area contributed by atoms with Crippen molar-refractivity contribution in [2.45, 2.75) is 20.4 Å². The number of hydrogen-bond acceptors (Lipinski definition) is 7. The molecule has 0 aliphatic carbocycles. The third kappa shape index (κ3) is 3.15. The Morgan fingerprint density at radius 3 is 2.55 bits per heavy atom. The zero-order valence-electron chi connectivity index (χ0n) is 12.7. The average Bonchev–Trinajstić information content (AvgIpc) is 2.79. The second-order valence-electron chi connectivity index (χ2n) is 5.47. The monoisotopic (exact) mass is 322 g/mol. The number of anilines is 2. The maximum absolute atomic E-state index is 5.94. The van der Waals surface area contributed by atoms with Crippen LogP contribution in [-0.2, 0) is 6.54 Å². The van der Waals surface area contributed by atoms with Gasteiger partial charge in [-0.05, 0) is 13.8 Å². The lowest BCUT2D eigenvalue weighted by molar-refractivity contribution is 0.247. The molecule has 2 aromatic rings. The van der Waals surface area contributed by atoms with Crippen LogP contribution in [0.2, 0.25) is 5.15 Å². The van der Waals surface area contributed by atoms with E-state index in [9.17, 15) is 0 Å². The van der Waals surface area contributed by atoms with Gasteiger partial charge in [0.15, 0.2) is 0 Å². The largest absolute Gasteiger partial charge is 0.368 e. The van der Waals surface area contributed by atoms with E-state index in [0.717, 1.165) is 50.0 Å². The number of nitrogens with zero attached hydrogens (tertiary/aromatic N) is 5. The molecule has 3 heterocycles. The van der Waals surface area contributed by atoms with Crippen molar-refractivity contribution >= 4 is 23.4 Å². The lowest BCUT2D eigenvalue weighted by Gasteiger charge is -2.35. The van der Waals surface area contributed by atoms with Crippen LogP contribution in [0.3, 0.4) is 0 Å². The van der Waals surface area contributed by atoms with Crippen molar-refractivity contribution in [2.75, 3.05) is 36.8 Å². The molecule has 1 saturated heterocycles. The maximum Gasteiger partial charge on any atom is 0.223 e. The summed E-state index contributed by atoms with van der Waals surface area (Å²) in [6.07, 6.45) is 0. The average molecular weight is 323 g/mol. The first kappa shape index (κ1) is 15.1. The van der Waals surface area contributed by atoms with Crippen molar-refractivity contribution in [1.29, 1.82) is 0 Å². The zero-order chi connectivity index (χ0) is 15.7. The van der Waals surface area contributed by atoms with Crippen molar-refractivity contribution < 1.29 is 4.52 Å². The van der Waals surface area contributed by atoms with E-state index in [2.05, 4.69) is 24.9 Å². The molecule has 0 aromatic carbocycles. The summed E-state index contributed by atoms with van der Waals surface area (Å²) in [5.41, 5.74) is 7.81. The summed E-state index contributed by atoms with van der Waals surface area (Å²) in [5.74, 6) is 1.89. The summed E-state index contributed by atoms with van der Waals surface area (Å²) >= 11 is 5.94. The summed E-state index contributed by atoms with van der Waals surface area (Å²) in [6, 6.07) is 1.75. The fourth-order valence-electron chi connectivity index (χ4n) is 2.67. The van der Waals surface area contributed by atoms with E-state index in [1.807, 2.05) is 13.8 Å². The molecule has 7 nitrogen and oxygen atoms in total. The van der Waals surface area contributed by atoms with Gasteiger partial charge in [-0.25, -0.2) is 4.98 Å². The van der Waals surface area contributed by atoms with Crippen molar-refractivity contribution in [1.82, 2.24) is 20.0 Å². The van der Waals surface area contributed by atoms with Crippen LogP contribution in [0.1, 0.15) is 17.0 Å². The highest BCUT2D eigenvalue weighted by atomic mass is 35.5. The van der Waals surface area contributed by atoms with Gasteiger partial charge in [-0.2, -0.15) is 4.98 Å². The van der Waals surface area contributed by atoms with E-state index < -0.39 is 0 Å². The Balaban J connectivity index is 1.63. The predicted octanol–water partition coefficient (Wildman–Crippen LogP) is 1.64. The van der Waals surface area contributed by atoms with Gasteiger partial charge in [0.2, 0.25) is 5.95 Å². The minimum Gasteiger partial charge on any atom is -0.368 e. The Hall–Kier alpha value is -1.86. The number of rotatable bonds is 3. The van der Waals surface area contributed by atoms with Crippen LogP contribution < -0.4 is 10.6 Å². The van der Waals surface area contributed by atoms with E-state index >= 15 is 0 Å². The second-order valence-corrected chi connectivity index (χ2v) is 5.86. The zero-order valence-corrected chi connectivity index (χ0v) is 13.5. The lowest BCUT2D eigenvalue weighted by Crippen LogP contribution is -2.46. The standard InChI is InChI=1S/C14H19ClN6O/c1-9-11(10(2)22-19-9)8-20-3-5-21(6-4-20)13-7-12(15)17-14(16)18-13/h7H,3-6,8H2,1-2H3,(H2,16,17,18). The van der Waals surface area contributed by atoms with E-state index in [1.54, 1.807) is 6.07 Å². The van der Waals surface area contributed by atoms with Crippen molar-refractivity contribution in [3.8, 4) is 0 Å². The molecule has 2 aromatic heterocycles. The number of aryl methyl sites for hydroxylation is 2.